The van der Waals surface area contributed by atoms with Crippen molar-refractivity contribution < 1.29 is 55.2 Å². The van der Waals surface area contributed by atoms with E-state index in [0.29, 0.717) is 98.6 Å². The molecule has 9 bridgehead atoms. The highest BCUT2D eigenvalue weighted by Crippen LogP contribution is 2.47. The van der Waals surface area contributed by atoms with Crippen molar-refractivity contribution in [2.75, 3.05) is 38.7 Å². The predicted octanol–water partition coefficient (Wildman–Crippen LogP) is 10.0. The molecular formula is C75H88N4O11. The maximum atomic E-state index is 15.4. The lowest BCUT2D eigenvalue weighted by Crippen LogP contribution is -2.40. The first-order valence-electron chi connectivity index (χ1n) is 32.4. The summed E-state index contributed by atoms with van der Waals surface area (Å²) in [7, 11) is 1.47. The second kappa shape index (κ2) is 28.6. The molecule has 1 aromatic heterocycles. The predicted molar refractivity (Wildman–Crippen MR) is 349 cm³/mol. The van der Waals surface area contributed by atoms with E-state index in [2.05, 4.69) is 83.1 Å². The van der Waals surface area contributed by atoms with Crippen LogP contribution in [0.4, 0.5) is 5.69 Å². The number of carbonyl (C=O) groups excluding carboxylic acids is 2. The topological polar surface area (TPSA) is 257 Å². The van der Waals surface area contributed by atoms with Gasteiger partial charge in [-0.05, 0) is 179 Å². The SMILES string of the molecule is CCC[C@@H]1[C@H]2C[C@@H](CC3=CCNC(=C3)Nc3ccc4ccc(c(O)c4c3)C[C@H](O)CNC[C@H](C)c3c[nH]c(c3)C[C@H]1O)C[C@@H]1C#C[C@H](c3ccccc3[C@@H]3C=C[C@@H](Cc4cccc(O)c4CO)[C@H](CO)C3)c3cc(O)c(OC)cc3CCC(=O)[C@H](O)C(=O)[C@H]1C2. The van der Waals surface area contributed by atoms with Crippen molar-refractivity contribution in [2.24, 2.45) is 41.4 Å². The standard InChI is InChI=1S/C75H88N4O11/c1-4-8-60-53-27-45(25-44-23-24-77-72(28-44)79-56-20-17-46-13-16-52(73(87)65(46)35-56)32-58(82)40-76-38-43(2)54-31-57(78-39-54)36-69(60)85)26-49-18-21-62(63-37-70(86)71(90-3)34-51(63)19-22-68(84)75(89)74(88)64(49)33-53)61-11-6-5-10-59(61)50-15-14-47(55(30-50)41-80)29-48-9-7-12-67(83)66(48)42-81/h5-7,9-17,20,23,28,31,34-35,37,39,43,45,47,49-50,53,55,58,60,62,64,69,75-83,85-87,89H,4,8,19,22,24-27,29-30,32-33,36,38,40-42H2,1-3H3/t43-,45-,47-,49-,50+,53-,55-,58-,60+,62+,64-,69+,75-/m0/s1. The molecule has 11 rings (SSSR count). The van der Waals surface area contributed by atoms with Gasteiger partial charge in [-0.1, -0.05) is 105 Å². The number of β-amino-alcohol motifs (C(OH)–C–C–N with tert-alkyl or cyclic N) is 1. The summed E-state index contributed by atoms with van der Waals surface area (Å²) in [6, 6.07) is 28.5. The Bertz CT molecular complexity index is 3720. The Labute approximate surface area is 528 Å². The molecule has 3 aliphatic carbocycles. The van der Waals surface area contributed by atoms with Gasteiger partial charge in [0.1, 0.15) is 17.3 Å². The smallest absolute Gasteiger partial charge is 0.173 e. The summed E-state index contributed by atoms with van der Waals surface area (Å²) in [5.41, 5.74) is 8.86. The van der Waals surface area contributed by atoms with Crippen LogP contribution in [-0.2, 0) is 41.9 Å². The van der Waals surface area contributed by atoms with Gasteiger partial charge in [0, 0.05) is 91.8 Å². The molecule has 15 heteroatoms. The first kappa shape index (κ1) is 63.9. The lowest BCUT2D eigenvalue weighted by molar-refractivity contribution is -0.142. The van der Waals surface area contributed by atoms with Crippen LogP contribution in [0.25, 0.3) is 10.8 Å². The third kappa shape index (κ3) is 14.2. The number of nitrogens with one attached hydrogen (secondary N) is 4. The summed E-state index contributed by atoms with van der Waals surface area (Å²) in [6.45, 7) is 5.26. The lowest BCUT2D eigenvalue weighted by Gasteiger charge is -2.34. The number of ketones is 2. The maximum Gasteiger partial charge on any atom is 0.173 e. The molecule has 15 nitrogen and oxygen atoms in total. The molecule has 0 saturated heterocycles. The minimum Gasteiger partial charge on any atom is -0.508 e. The van der Waals surface area contributed by atoms with Crippen LogP contribution in [0.3, 0.4) is 0 Å². The molecule has 3 heterocycles. The Kier molecular flexibility index (Phi) is 20.3. The van der Waals surface area contributed by atoms with Crippen LogP contribution >= 0.6 is 0 Å². The maximum absolute atomic E-state index is 15.4. The number of anilines is 1. The third-order valence-electron chi connectivity index (χ3n) is 20.2. The number of aromatic hydroxyl groups is 3. The summed E-state index contributed by atoms with van der Waals surface area (Å²) in [5.74, 6) is 4.20. The van der Waals surface area contributed by atoms with Crippen molar-refractivity contribution in [3.8, 4) is 34.8 Å². The fourth-order valence-electron chi connectivity index (χ4n) is 15.3. The fraction of sp³-hybridized carbons (Fsp3) is 0.440. The van der Waals surface area contributed by atoms with Crippen LogP contribution in [0.2, 0.25) is 0 Å². The van der Waals surface area contributed by atoms with Gasteiger partial charge in [0.2, 0.25) is 0 Å². The van der Waals surface area contributed by atoms with Crippen LogP contribution in [0.5, 0.6) is 23.0 Å². The van der Waals surface area contributed by atoms with E-state index in [9.17, 15) is 45.6 Å². The number of hydrogen-bond donors (Lipinski definition) is 12. The number of Topliss-reactive ketones (excluding diaryl/α,β-unsaturated/α-hetero) is 2. The van der Waals surface area contributed by atoms with Gasteiger partial charge in [0.15, 0.2) is 29.2 Å². The third-order valence-corrected chi connectivity index (χ3v) is 20.2. The molecule has 0 amide bonds. The van der Waals surface area contributed by atoms with Crippen molar-refractivity contribution >= 4 is 28.0 Å². The first-order valence-corrected chi connectivity index (χ1v) is 32.4. The number of ether oxygens (including phenoxy) is 1. The van der Waals surface area contributed by atoms with Crippen molar-refractivity contribution in [1.82, 2.24) is 15.6 Å². The molecule has 0 spiro atoms. The number of carbonyl (C=O) groups is 2. The molecule has 1 saturated carbocycles. The quantitative estimate of drug-likeness (QED) is 0.0366. The van der Waals surface area contributed by atoms with Gasteiger partial charge in [0.05, 0.1) is 31.8 Å². The largest absolute Gasteiger partial charge is 0.508 e. The molecule has 1 fully saturated rings. The number of aromatic nitrogens is 1. The number of aliphatic hydroxyl groups is 5. The summed E-state index contributed by atoms with van der Waals surface area (Å²) < 4.78 is 5.66. The molecule has 6 aromatic rings. The highest BCUT2D eigenvalue weighted by atomic mass is 16.5. The summed E-state index contributed by atoms with van der Waals surface area (Å²) in [6.07, 6.45) is 12.2. The minimum absolute atomic E-state index is 0.0304. The van der Waals surface area contributed by atoms with E-state index >= 15 is 4.79 Å². The van der Waals surface area contributed by atoms with Gasteiger partial charge in [-0.25, -0.2) is 0 Å². The van der Waals surface area contributed by atoms with E-state index in [4.69, 9.17) is 4.74 Å². The summed E-state index contributed by atoms with van der Waals surface area (Å²) in [4.78, 5) is 33.4. The minimum atomic E-state index is -1.91. The number of aryl methyl sites for hydroxylation is 1. The number of aromatic amines is 1. The lowest BCUT2D eigenvalue weighted by atomic mass is 9.72. The second-order valence-corrected chi connectivity index (χ2v) is 26.2. The Morgan fingerprint density at radius 2 is 1.60 bits per heavy atom. The molecule has 90 heavy (non-hydrogen) atoms. The number of aliphatic hydroxyl groups excluding tert-OH is 5. The number of fused-ring (bicyclic) bond motifs is 9. The number of hydrogen-bond acceptors (Lipinski definition) is 14. The highest BCUT2D eigenvalue weighted by molar-refractivity contribution is 6.06. The Balaban J connectivity index is 1.01. The van der Waals surface area contributed by atoms with Gasteiger partial charge in [-0.2, -0.15) is 0 Å². The van der Waals surface area contributed by atoms with E-state index in [1.54, 1.807) is 24.3 Å². The molecule has 5 aromatic carbocycles. The number of methoxy groups -OCH3 is 1. The molecule has 0 radical (unpaired) electrons. The van der Waals surface area contributed by atoms with Crippen molar-refractivity contribution in [2.45, 2.75) is 134 Å². The van der Waals surface area contributed by atoms with Gasteiger partial charge in [0.25, 0.3) is 0 Å². The van der Waals surface area contributed by atoms with Gasteiger partial charge >= 0.3 is 0 Å². The van der Waals surface area contributed by atoms with Gasteiger partial charge < -0.3 is 66.5 Å². The van der Waals surface area contributed by atoms with Crippen LogP contribution in [0.15, 0.2) is 133 Å². The first-order chi connectivity index (χ1) is 43.6. The van der Waals surface area contributed by atoms with Crippen molar-refractivity contribution in [3.05, 3.63) is 183 Å². The molecule has 2 aliphatic heterocycles. The van der Waals surface area contributed by atoms with Gasteiger partial charge in [-0.3, -0.25) is 9.59 Å². The van der Waals surface area contributed by atoms with Crippen LogP contribution in [0, 0.1) is 53.3 Å². The van der Waals surface area contributed by atoms with Crippen molar-refractivity contribution in [3.63, 3.8) is 0 Å². The Morgan fingerprint density at radius 3 is 2.40 bits per heavy atom. The number of benzene rings is 5. The monoisotopic (exact) mass is 1220 g/mol. The normalized spacial score (nSPS) is 27.8. The molecule has 474 valence electrons. The van der Waals surface area contributed by atoms with Crippen LogP contribution in [0.1, 0.15) is 133 Å². The van der Waals surface area contributed by atoms with E-state index in [1.165, 1.54) is 7.11 Å². The summed E-state index contributed by atoms with van der Waals surface area (Å²) >= 11 is 0. The zero-order chi connectivity index (χ0) is 63.2. The molecular weight excluding hydrogens is 1130 g/mol. The number of phenols is 3. The zero-order valence-electron chi connectivity index (χ0n) is 51.9. The summed E-state index contributed by atoms with van der Waals surface area (Å²) in [5, 5.41) is 103. The van der Waals surface area contributed by atoms with E-state index in [-0.39, 0.29) is 96.9 Å². The Morgan fingerprint density at radius 1 is 0.778 bits per heavy atom. The number of phenolic OH excluding ortho intramolecular Hbond substituents is 2. The van der Waals surface area contributed by atoms with E-state index < -0.39 is 47.6 Å². The van der Waals surface area contributed by atoms with Crippen molar-refractivity contribution in [1.29, 1.82) is 0 Å². The molecule has 5 aliphatic rings. The van der Waals surface area contributed by atoms with Crippen LogP contribution in [-0.4, -0.2) is 109 Å². The second-order valence-electron chi connectivity index (χ2n) is 26.2. The average Bonchev–Trinajstić information content (AvgIpc) is 1.02. The highest BCUT2D eigenvalue weighted by Gasteiger charge is 2.44. The molecule has 0 unspecified atom stereocenters. The number of H-pyrrole nitrogens is 1. The van der Waals surface area contributed by atoms with E-state index in [0.717, 1.165) is 56.8 Å². The zero-order valence-corrected chi connectivity index (χ0v) is 51.9. The fourth-order valence-corrected chi connectivity index (χ4v) is 15.3. The van der Waals surface area contributed by atoms with Crippen LogP contribution < -0.4 is 20.7 Å². The van der Waals surface area contributed by atoms with Gasteiger partial charge in [-0.15, -0.1) is 0 Å². The van der Waals surface area contributed by atoms with E-state index in [1.807, 2.05) is 60.8 Å². The Hall–Kier alpha value is -7.68. The number of rotatable bonds is 9. The number of dihydropyridines is 1. The molecule has 13 atom stereocenters. The molecule has 12 N–H and O–H groups in total. The number of allylic oxidation sites excluding steroid dienone is 4. The average molecular weight is 1220 g/mol.